The van der Waals surface area contributed by atoms with Crippen molar-refractivity contribution in [3.8, 4) is 0 Å². The van der Waals surface area contributed by atoms with Crippen LogP contribution in [-0.2, 0) is 0 Å². The van der Waals surface area contributed by atoms with Gasteiger partial charge < -0.3 is 4.90 Å². The van der Waals surface area contributed by atoms with Gasteiger partial charge in [0.2, 0.25) is 0 Å². The first-order valence-electron chi connectivity index (χ1n) is 4.22. The number of nitrogens with zero attached hydrogens (tertiary/aromatic N) is 4. The van der Waals surface area contributed by atoms with E-state index in [1.807, 2.05) is 0 Å². The first-order chi connectivity index (χ1) is 6.45. The molecule has 0 saturated carbocycles. The Morgan fingerprint density at radius 1 is 1.36 bits per heavy atom. The van der Waals surface area contributed by atoms with Gasteiger partial charge in [0.1, 0.15) is 0 Å². The van der Waals surface area contributed by atoms with E-state index in [0.717, 1.165) is 0 Å². The lowest BCUT2D eigenvalue weighted by molar-refractivity contribution is -0.137. The summed E-state index contributed by atoms with van der Waals surface area (Å²) >= 11 is 0. The number of azide groups is 1. The molecular weight excluding hydrogens is 197 g/mol. The lowest BCUT2D eigenvalue weighted by atomic mass is 10.3. The highest BCUT2D eigenvalue weighted by atomic mass is 19.4. The molecule has 0 aromatic carbocycles. The Bertz CT molecular complexity index is 198. The zero-order valence-electron chi connectivity index (χ0n) is 7.96. The van der Waals surface area contributed by atoms with Crippen molar-refractivity contribution in [3.05, 3.63) is 10.4 Å². The third-order valence-electron chi connectivity index (χ3n) is 1.64. The van der Waals surface area contributed by atoms with Gasteiger partial charge in [-0.15, -0.1) is 0 Å². The molecule has 0 aliphatic carbocycles. The van der Waals surface area contributed by atoms with Crippen LogP contribution in [0.25, 0.3) is 10.4 Å². The van der Waals surface area contributed by atoms with Crippen molar-refractivity contribution in [2.45, 2.75) is 19.0 Å². The van der Waals surface area contributed by atoms with Crippen LogP contribution in [0.15, 0.2) is 5.11 Å². The summed E-state index contributed by atoms with van der Waals surface area (Å²) in [6, 6.07) is 0. The summed E-state index contributed by atoms with van der Waals surface area (Å²) in [5.41, 5.74) is 7.94. The van der Waals surface area contributed by atoms with Crippen LogP contribution in [0.3, 0.4) is 0 Å². The first-order valence-corrected chi connectivity index (χ1v) is 4.22. The summed E-state index contributed by atoms with van der Waals surface area (Å²) in [5, 5.41) is 3.28. The van der Waals surface area contributed by atoms with Gasteiger partial charge in [0.05, 0.1) is 6.42 Å². The van der Waals surface area contributed by atoms with Crippen LogP contribution in [0.1, 0.15) is 12.8 Å². The van der Waals surface area contributed by atoms with E-state index in [4.69, 9.17) is 5.53 Å². The Morgan fingerprint density at radius 3 is 2.50 bits per heavy atom. The van der Waals surface area contributed by atoms with E-state index in [2.05, 4.69) is 10.0 Å². The first kappa shape index (κ1) is 13.1. The van der Waals surface area contributed by atoms with E-state index in [0.29, 0.717) is 19.5 Å². The molecule has 7 heteroatoms. The number of rotatable bonds is 6. The minimum atomic E-state index is -4.10. The van der Waals surface area contributed by atoms with Crippen molar-refractivity contribution < 1.29 is 13.2 Å². The maximum Gasteiger partial charge on any atom is 0.390 e. The number of hydrogen-bond donors (Lipinski definition) is 0. The quantitative estimate of drug-likeness (QED) is 0.287. The zero-order valence-corrected chi connectivity index (χ0v) is 7.96. The van der Waals surface area contributed by atoms with Crippen LogP contribution in [0.2, 0.25) is 0 Å². The van der Waals surface area contributed by atoms with E-state index < -0.39 is 12.6 Å². The van der Waals surface area contributed by atoms with Gasteiger partial charge >= 0.3 is 6.18 Å². The maximum absolute atomic E-state index is 11.8. The van der Waals surface area contributed by atoms with Gasteiger partial charge in [0.25, 0.3) is 0 Å². The number of halogens is 3. The van der Waals surface area contributed by atoms with Crippen molar-refractivity contribution in [3.63, 3.8) is 0 Å². The lowest BCUT2D eigenvalue weighted by Gasteiger charge is -2.16. The van der Waals surface area contributed by atoms with Crippen LogP contribution in [-0.4, -0.2) is 37.8 Å². The second-order valence-electron chi connectivity index (χ2n) is 2.98. The van der Waals surface area contributed by atoms with Crippen LogP contribution in [0.5, 0.6) is 0 Å². The fraction of sp³-hybridized carbons (Fsp3) is 1.00. The fourth-order valence-corrected chi connectivity index (χ4v) is 0.885. The molecule has 82 valence electrons. The highest BCUT2D eigenvalue weighted by Gasteiger charge is 2.26. The molecule has 0 rings (SSSR count). The topological polar surface area (TPSA) is 52.0 Å². The van der Waals surface area contributed by atoms with Crippen molar-refractivity contribution in [2.24, 2.45) is 5.11 Å². The molecule has 0 aliphatic rings. The predicted octanol–water partition coefficient (Wildman–Crippen LogP) is 2.57. The summed E-state index contributed by atoms with van der Waals surface area (Å²) in [6.45, 7) is 0.821. The normalized spacial score (nSPS) is 11.5. The lowest BCUT2D eigenvalue weighted by Crippen LogP contribution is -2.25. The molecule has 0 bridgehead atoms. The van der Waals surface area contributed by atoms with Gasteiger partial charge in [-0.2, -0.15) is 13.2 Å². The Labute approximate surface area is 80.3 Å². The minimum Gasteiger partial charge on any atom is -0.306 e. The van der Waals surface area contributed by atoms with Gasteiger partial charge in [-0.05, 0) is 25.5 Å². The Kier molecular flexibility index (Phi) is 6.07. The summed E-state index contributed by atoms with van der Waals surface area (Å²) in [4.78, 5) is 4.11. The third-order valence-corrected chi connectivity index (χ3v) is 1.64. The molecule has 0 heterocycles. The Hall–Kier alpha value is -0.940. The van der Waals surface area contributed by atoms with Gasteiger partial charge in [-0.1, -0.05) is 5.11 Å². The zero-order chi connectivity index (χ0) is 11.0. The van der Waals surface area contributed by atoms with Gasteiger partial charge in [-0.3, -0.25) is 0 Å². The molecule has 0 radical (unpaired) electrons. The van der Waals surface area contributed by atoms with Gasteiger partial charge in [0.15, 0.2) is 0 Å². The summed E-state index contributed by atoms with van der Waals surface area (Å²) in [7, 11) is 1.61. The standard InChI is InChI=1S/C7H13F3N4/c1-14(5-2-4-12-13-11)6-3-7(8,9)10/h2-6H2,1H3. The van der Waals surface area contributed by atoms with Crippen molar-refractivity contribution >= 4 is 0 Å². The molecule has 0 aromatic rings. The Morgan fingerprint density at radius 2 is 2.00 bits per heavy atom. The molecule has 0 atom stereocenters. The largest absolute Gasteiger partial charge is 0.390 e. The van der Waals surface area contributed by atoms with E-state index in [9.17, 15) is 13.2 Å². The smallest absolute Gasteiger partial charge is 0.306 e. The molecule has 0 fully saturated rings. The molecule has 0 saturated heterocycles. The van der Waals surface area contributed by atoms with Gasteiger partial charge in [-0.25, -0.2) is 0 Å². The van der Waals surface area contributed by atoms with Crippen LogP contribution in [0, 0.1) is 0 Å². The van der Waals surface area contributed by atoms with Crippen molar-refractivity contribution in [2.75, 3.05) is 26.7 Å². The van der Waals surface area contributed by atoms with E-state index in [1.165, 1.54) is 0 Å². The van der Waals surface area contributed by atoms with Crippen molar-refractivity contribution in [1.82, 2.24) is 4.90 Å². The van der Waals surface area contributed by atoms with E-state index >= 15 is 0 Å². The minimum absolute atomic E-state index is 0.0141. The average Bonchev–Trinajstić information content (AvgIpc) is 2.08. The maximum atomic E-state index is 11.8. The molecule has 0 N–H and O–H groups in total. The highest BCUT2D eigenvalue weighted by Crippen LogP contribution is 2.19. The third kappa shape index (κ3) is 9.15. The predicted molar refractivity (Wildman–Crippen MR) is 46.8 cm³/mol. The van der Waals surface area contributed by atoms with Crippen molar-refractivity contribution in [1.29, 1.82) is 0 Å². The average molecular weight is 210 g/mol. The molecule has 0 unspecified atom stereocenters. The number of hydrogen-bond acceptors (Lipinski definition) is 2. The molecule has 4 nitrogen and oxygen atoms in total. The molecule has 0 aliphatic heterocycles. The van der Waals surface area contributed by atoms with Gasteiger partial charge in [0, 0.05) is 18.0 Å². The second-order valence-corrected chi connectivity index (χ2v) is 2.98. The van der Waals surface area contributed by atoms with E-state index in [-0.39, 0.29) is 6.54 Å². The van der Waals surface area contributed by atoms with Crippen LogP contribution < -0.4 is 0 Å². The van der Waals surface area contributed by atoms with E-state index in [1.54, 1.807) is 11.9 Å². The molecular formula is C7H13F3N4. The SMILES string of the molecule is CN(CCCN=[N+]=[N-])CCC(F)(F)F. The summed E-state index contributed by atoms with van der Waals surface area (Å²) in [5.74, 6) is 0. The molecule has 0 aromatic heterocycles. The molecule has 0 spiro atoms. The summed E-state index contributed by atoms with van der Waals surface area (Å²) in [6.07, 6.45) is -4.32. The monoisotopic (exact) mass is 210 g/mol. The fourth-order valence-electron chi connectivity index (χ4n) is 0.885. The Balaban J connectivity index is 3.46. The molecule has 0 amide bonds. The highest BCUT2D eigenvalue weighted by molar-refractivity contribution is 4.58. The van der Waals surface area contributed by atoms with Crippen LogP contribution >= 0.6 is 0 Å². The number of alkyl halides is 3. The molecule has 14 heavy (non-hydrogen) atoms. The van der Waals surface area contributed by atoms with Crippen LogP contribution in [0.4, 0.5) is 13.2 Å². The second kappa shape index (κ2) is 6.50. The summed E-state index contributed by atoms with van der Waals surface area (Å²) < 4.78 is 35.3.